The molecule has 0 amide bonds. The Labute approximate surface area is 124 Å². The van der Waals surface area contributed by atoms with Crippen LogP contribution in [0.25, 0.3) is 0 Å². The van der Waals surface area contributed by atoms with E-state index in [1.165, 1.54) is 0 Å². The molecule has 0 spiro atoms. The standard InChI is InChI=1S/C14H35O2Si3/c1-11-18(7,8)13(16-3)14(15,17(4,5)6)19(9,10)12-2/h13H,11-12H2,1-10H3. The Balaban J connectivity index is 6.01. The Morgan fingerprint density at radius 1 is 0.947 bits per heavy atom. The highest BCUT2D eigenvalue weighted by atomic mass is 28.4. The van der Waals surface area contributed by atoms with Gasteiger partial charge < -0.3 is 4.74 Å². The van der Waals surface area contributed by atoms with Gasteiger partial charge in [-0.3, -0.25) is 0 Å². The van der Waals surface area contributed by atoms with Gasteiger partial charge in [0.05, 0.1) is 29.9 Å². The van der Waals surface area contributed by atoms with Crippen LogP contribution < -0.4 is 0 Å². The molecule has 5 heteroatoms. The molecule has 0 bridgehead atoms. The first-order chi connectivity index (χ1) is 8.31. The van der Waals surface area contributed by atoms with E-state index < -0.39 is 29.1 Å². The van der Waals surface area contributed by atoms with E-state index in [-0.39, 0.29) is 5.73 Å². The van der Waals surface area contributed by atoms with Crippen LogP contribution in [0.5, 0.6) is 0 Å². The lowest BCUT2D eigenvalue weighted by Gasteiger charge is -2.54. The van der Waals surface area contributed by atoms with Gasteiger partial charge in [-0.05, 0) is 0 Å². The molecule has 0 aliphatic rings. The van der Waals surface area contributed by atoms with Crippen LogP contribution >= 0.6 is 0 Å². The Bertz CT molecular complexity index is 298. The number of rotatable bonds is 7. The molecule has 2 nitrogen and oxygen atoms in total. The number of hydrogen-bond acceptors (Lipinski definition) is 1. The summed E-state index contributed by atoms with van der Waals surface area (Å²) in [7, 11) is -3.60. The lowest BCUT2D eigenvalue weighted by atomic mass is 10.7. The Morgan fingerprint density at radius 3 is 1.58 bits per heavy atom. The van der Waals surface area contributed by atoms with Crippen LogP contribution in [-0.4, -0.2) is 41.9 Å². The molecule has 0 rings (SSSR count). The predicted octanol–water partition coefficient (Wildman–Crippen LogP) is 4.58. The van der Waals surface area contributed by atoms with Gasteiger partial charge in [0.1, 0.15) is 4.85 Å². The third-order valence-corrected chi connectivity index (χ3v) is 20.5. The van der Waals surface area contributed by atoms with Crippen LogP contribution in [0.15, 0.2) is 0 Å². The maximum Gasteiger partial charge on any atom is 0.105 e. The summed E-state index contributed by atoms with van der Waals surface area (Å²) in [6.45, 7) is 20.4. The predicted molar refractivity (Wildman–Crippen MR) is 93.5 cm³/mol. The molecule has 1 radical (unpaired) electrons. The molecule has 2 atom stereocenters. The van der Waals surface area contributed by atoms with Crippen LogP contribution in [0.1, 0.15) is 13.8 Å². The Morgan fingerprint density at radius 2 is 1.37 bits per heavy atom. The van der Waals surface area contributed by atoms with Crippen molar-refractivity contribution in [2.45, 2.75) is 82.3 Å². The number of hydrogen-bond donors (Lipinski definition) is 0. The van der Waals surface area contributed by atoms with Crippen molar-refractivity contribution in [3.8, 4) is 0 Å². The molecule has 0 heterocycles. The van der Waals surface area contributed by atoms with E-state index in [4.69, 9.17) is 4.74 Å². The SMILES string of the molecule is CC[Si](C)(C)C(OC)C([O])([Si](C)(C)C)[Si](C)(C)CC. The normalized spacial score (nSPS) is 19.1. The van der Waals surface area contributed by atoms with Gasteiger partial charge in [-0.15, -0.1) is 0 Å². The van der Waals surface area contributed by atoms with Gasteiger partial charge in [-0.2, -0.15) is 0 Å². The summed E-state index contributed by atoms with van der Waals surface area (Å²) in [5.74, 6) is 0. The van der Waals surface area contributed by atoms with Gasteiger partial charge in [0.25, 0.3) is 0 Å². The van der Waals surface area contributed by atoms with Gasteiger partial charge in [-0.1, -0.05) is 71.8 Å². The van der Waals surface area contributed by atoms with Gasteiger partial charge in [0.2, 0.25) is 0 Å². The fourth-order valence-corrected chi connectivity index (χ4v) is 21.1. The Hall–Kier alpha value is 0.571. The minimum absolute atomic E-state index is 0.0433. The van der Waals surface area contributed by atoms with Gasteiger partial charge >= 0.3 is 0 Å². The van der Waals surface area contributed by atoms with Crippen LogP contribution in [0.2, 0.25) is 57.9 Å². The molecular formula is C14H35O2Si3. The van der Waals surface area contributed by atoms with Crippen LogP contribution in [0.4, 0.5) is 0 Å². The summed E-state index contributed by atoms with van der Waals surface area (Å²) in [6.07, 6.45) is 0. The van der Waals surface area contributed by atoms with E-state index in [0.29, 0.717) is 0 Å². The lowest BCUT2D eigenvalue weighted by Crippen LogP contribution is -2.77. The van der Waals surface area contributed by atoms with Crippen LogP contribution in [0.3, 0.4) is 0 Å². The third kappa shape index (κ3) is 3.43. The fourth-order valence-electron chi connectivity index (χ4n) is 3.25. The zero-order valence-corrected chi connectivity index (χ0v) is 17.8. The molecule has 0 N–H and O–H groups in total. The zero-order valence-electron chi connectivity index (χ0n) is 14.8. The van der Waals surface area contributed by atoms with Gasteiger partial charge in [-0.25, -0.2) is 5.11 Å². The molecule has 0 aromatic rings. The van der Waals surface area contributed by atoms with E-state index in [2.05, 4.69) is 59.7 Å². The van der Waals surface area contributed by atoms with Crippen LogP contribution in [0, 0.1) is 0 Å². The molecule has 2 unspecified atom stereocenters. The van der Waals surface area contributed by atoms with E-state index in [9.17, 15) is 5.11 Å². The average molecular weight is 320 g/mol. The molecule has 0 fully saturated rings. The second-order valence-electron chi connectivity index (χ2n) is 8.18. The summed E-state index contributed by atoms with van der Waals surface area (Å²) in [5, 5.41) is 14.1. The molecule has 0 aromatic heterocycles. The molecule has 0 aliphatic heterocycles. The first kappa shape index (κ1) is 19.6. The van der Waals surface area contributed by atoms with Crippen molar-refractivity contribution in [3.05, 3.63) is 0 Å². The topological polar surface area (TPSA) is 29.1 Å². The quantitative estimate of drug-likeness (QED) is 0.631. The molecule has 19 heavy (non-hydrogen) atoms. The van der Waals surface area contributed by atoms with Crippen molar-refractivity contribution >= 4 is 24.2 Å². The maximum atomic E-state index is 14.1. The molecular weight excluding hydrogens is 284 g/mol. The fraction of sp³-hybridized carbons (Fsp3) is 1.00. The minimum atomic E-state index is -1.86. The maximum absolute atomic E-state index is 14.1. The van der Waals surface area contributed by atoms with Gasteiger partial charge in [0.15, 0.2) is 0 Å². The highest BCUT2D eigenvalue weighted by molar-refractivity contribution is 7.01. The van der Waals surface area contributed by atoms with Gasteiger partial charge in [0, 0.05) is 7.11 Å². The third-order valence-electron chi connectivity index (χ3n) is 5.23. The van der Waals surface area contributed by atoms with E-state index in [0.717, 1.165) is 12.1 Å². The molecule has 0 saturated carbocycles. The highest BCUT2D eigenvalue weighted by Crippen LogP contribution is 2.42. The largest absolute Gasteiger partial charge is 0.382 e. The van der Waals surface area contributed by atoms with Crippen molar-refractivity contribution in [1.29, 1.82) is 0 Å². The molecule has 0 aromatic carbocycles. The van der Waals surface area contributed by atoms with Crippen molar-refractivity contribution in [2.24, 2.45) is 0 Å². The lowest BCUT2D eigenvalue weighted by molar-refractivity contribution is -0.00757. The Kier molecular flexibility index (Phi) is 6.32. The second kappa shape index (κ2) is 6.13. The molecule has 115 valence electrons. The van der Waals surface area contributed by atoms with Crippen LogP contribution in [-0.2, 0) is 9.84 Å². The average Bonchev–Trinajstić information content (AvgIpc) is 2.27. The monoisotopic (exact) mass is 319 g/mol. The van der Waals surface area contributed by atoms with E-state index in [1.807, 2.05) is 0 Å². The van der Waals surface area contributed by atoms with Crippen molar-refractivity contribution < 1.29 is 9.84 Å². The summed E-state index contributed by atoms with van der Waals surface area (Å²) in [5.41, 5.74) is -0.0433. The highest BCUT2D eigenvalue weighted by Gasteiger charge is 2.62. The number of ether oxygens (including phenoxy) is 1. The first-order valence-electron chi connectivity index (χ1n) is 7.55. The van der Waals surface area contributed by atoms with E-state index >= 15 is 0 Å². The minimum Gasteiger partial charge on any atom is -0.382 e. The second-order valence-corrected chi connectivity index (χ2v) is 24.4. The molecule has 0 aliphatic carbocycles. The molecule has 0 saturated heterocycles. The summed E-state index contributed by atoms with van der Waals surface area (Å²) in [6, 6.07) is 2.17. The smallest absolute Gasteiger partial charge is 0.105 e. The first-order valence-corrected chi connectivity index (χ1v) is 17.5. The zero-order chi connectivity index (χ0) is 15.7. The van der Waals surface area contributed by atoms with E-state index in [1.54, 1.807) is 7.11 Å². The van der Waals surface area contributed by atoms with Crippen molar-refractivity contribution in [3.63, 3.8) is 0 Å². The summed E-state index contributed by atoms with van der Waals surface area (Å²) in [4.78, 5) is -0.796. The summed E-state index contributed by atoms with van der Waals surface area (Å²) < 4.78 is 5.90. The van der Waals surface area contributed by atoms with Crippen molar-refractivity contribution in [2.75, 3.05) is 7.11 Å². The number of methoxy groups -OCH3 is 1. The van der Waals surface area contributed by atoms with Crippen molar-refractivity contribution in [1.82, 2.24) is 0 Å². The summed E-state index contributed by atoms with van der Waals surface area (Å²) >= 11 is 0.